The lowest BCUT2D eigenvalue weighted by molar-refractivity contribution is -0.137. The predicted molar refractivity (Wildman–Crippen MR) is 66.9 cm³/mol. The summed E-state index contributed by atoms with van der Waals surface area (Å²) in [6.07, 6.45) is -6.12. The fraction of sp³-hybridized carbons (Fsp3) is 0.143. The van der Waals surface area contributed by atoms with E-state index in [0.717, 1.165) is 0 Å². The number of alkyl halides is 3. The van der Waals surface area contributed by atoms with Crippen LogP contribution in [0.3, 0.4) is 0 Å². The van der Waals surface area contributed by atoms with E-state index in [9.17, 15) is 22.7 Å². The SMILES string of the molecule is OC(c1cccc(Cl)c1)c1cc(C(F)(F)F)ccc1F. The summed E-state index contributed by atoms with van der Waals surface area (Å²) >= 11 is 5.74. The maximum Gasteiger partial charge on any atom is 0.416 e. The molecule has 0 radical (unpaired) electrons. The highest BCUT2D eigenvalue weighted by molar-refractivity contribution is 6.30. The van der Waals surface area contributed by atoms with Gasteiger partial charge in [0.2, 0.25) is 0 Å². The number of rotatable bonds is 2. The van der Waals surface area contributed by atoms with E-state index >= 15 is 0 Å². The van der Waals surface area contributed by atoms with Crippen LogP contribution in [0.4, 0.5) is 17.6 Å². The van der Waals surface area contributed by atoms with Gasteiger partial charge in [0, 0.05) is 10.6 Å². The second kappa shape index (κ2) is 5.42. The molecule has 2 aromatic rings. The number of hydrogen-bond acceptors (Lipinski definition) is 1. The van der Waals surface area contributed by atoms with Crippen LogP contribution in [0.2, 0.25) is 5.02 Å². The van der Waals surface area contributed by atoms with Crippen molar-refractivity contribution >= 4 is 11.6 Å². The Kier molecular flexibility index (Phi) is 4.01. The van der Waals surface area contributed by atoms with E-state index in [2.05, 4.69) is 0 Å². The first-order chi connectivity index (χ1) is 9.29. The second-order valence-electron chi connectivity index (χ2n) is 4.19. The summed E-state index contributed by atoms with van der Waals surface area (Å²) in [5.41, 5.74) is -1.24. The lowest BCUT2D eigenvalue weighted by Gasteiger charge is -2.15. The first-order valence-corrected chi connectivity index (χ1v) is 5.97. The average molecular weight is 305 g/mol. The van der Waals surface area contributed by atoms with Gasteiger partial charge in [-0.25, -0.2) is 4.39 Å². The van der Waals surface area contributed by atoms with Crippen LogP contribution >= 0.6 is 11.6 Å². The smallest absolute Gasteiger partial charge is 0.384 e. The zero-order valence-corrected chi connectivity index (χ0v) is 10.7. The third-order valence-corrected chi connectivity index (χ3v) is 3.02. The van der Waals surface area contributed by atoms with Crippen LogP contribution in [0.25, 0.3) is 0 Å². The van der Waals surface area contributed by atoms with Gasteiger partial charge in [0.1, 0.15) is 11.9 Å². The number of halogens is 5. The Bertz CT molecular complexity index is 625. The van der Waals surface area contributed by atoms with Gasteiger partial charge in [0.15, 0.2) is 0 Å². The van der Waals surface area contributed by atoms with Gasteiger partial charge < -0.3 is 5.11 Å². The van der Waals surface area contributed by atoms with E-state index in [-0.39, 0.29) is 5.56 Å². The van der Waals surface area contributed by atoms with Crippen molar-refractivity contribution in [3.8, 4) is 0 Å². The van der Waals surface area contributed by atoms with Crippen molar-refractivity contribution in [2.45, 2.75) is 12.3 Å². The molecule has 6 heteroatoms. The van der Waals surface area contributed by atoms with Crippen molar-refractivity contribution in [2.75, 3.05) is 0 Å². The minimum atomic E-state index is -4.60. The molecule has 2 aromatic carbocycles. The summed E-state index contributed by atoms with van der Waals surface area (Å²) in [6.45, 7) is 0. The molecule has 0 saturated heterocycles. The molecule has 2 rings (SSSR count). The Morgan fingerprint density at radius 3 is 2.35 bits per heavy atom. The zero-order valence-electron chi connectivity index (χ0n) is 9.96. The van der Waals surface area contributed by atoms with Crippen LogP contribution < -0.4 is 0 Å². The van der Waals surface area contributed by atoms with Crippen molar-refractivity contribution in [1.29, 1.82) is 0 Å². The summed E-state index contributed by atoms with van der Waals surface area (Å²) in [5, 5.41) is 10.3. The van der Waals surface area contributed by atoms with Crippen molar-refractivity contribution in [3.05, 3.63) is 70.0 Å². The predicted octanol–water partition coefficient (Wildman–Crippen LogP) is 4.58. The summed E-state index contributed by atoms with van der Waals surface area (Å²) in [5.74, 6) is -0.912. The highest BCUT2D eigenvalue weighted by Crippen LogP contribution is 2.33. The van der Waals surface area contributed by atoms with Crippen LogP contribution in [-0.4, -0.2) is 5.11 Å². The largest absolute Gasteiger partial charge is 0.416 e. The average Bonchev–Trinajstić information content (AvgIpc) is 2.37. The molecule has 0 bridgehead atoms. The lowest BCUT2D eigenvalue weighted by atomic mass is 9.99. The number of hydrogen-bond donors (Lipinski definition) is 1. The monoisotopic (exact) mass is 304 g/mol. The fourth-order valence-corrected chi connectivity index (χ4v) is 1.98. The maximum atomic E-state index is 13.6. The first-order valence-electron chi connectivity index (χ1n) is 5.59. The minimum Gasteiger partial charge on any atom is -0.384 e. The normalized spacial score (nSPS) is 13.3. The van der Waals surface area contributed by atoms with Gasteiger partial charge in [0.25, 0.3) is 0 Å². The van der Waals surface area contributed by atoms with Crippen LogP contribution in [0.15, 0.2) is 42.5 Å². The van der Waals surface area contributed by atoms with Crippen LogP contribution in [-0.2, 0) is 6.18 Å². The number of aliphatic hydroxyl groups excluding tert-OH is 1. The molecule has 0 aliphatic carbocycles. The Hall–Kier alpha value is -1.59. The van der Waals surface area contributed by atoms with Gasteiger partial charge in [-0.3, -0.25) is 0 Å². The molecule has 1 N–H and O–H groups in total. The number of aliphatic hydroxyl groups is 1. The molecular weight excluding hydrogens is 296 g/mol. The second-order valence-corrected chi connectivity index (χ2v) is 4.63. The summed E-state index contributed by atoms with van der Waals surface area (Å²) in [7, 11) is 0. The van der Waals surface area contributed by atoms with E-state index < -0.39 is 29.2 Å². The van der Waals surface area contributed by atoms with Gasteiger partial charge in [0.05, 0.1) is 5.56 Å². The van der Waals surface area contributed by atoms with Crippen molar-refractivity contribution in [3.63, 3.8) is 0 Å². The molecule has 1 atom stereocenters. The van der Waals surface area contributed by atoms with Crippen LogP contribution in [0.1, 0.15) is 22.8 Å². The van der Waals surface area contributed by atoms with Crippen LogP contribution in [0.5, 0.6) is 0 Å². The molecule has 106 valence electrons. The van der Waals surface area contributed by atoms with E-state index in [1.807, 2.05) is 0 Å². The van der Waals surface area contributed by atoms with Gasteiger partial charge in [-0.15, -0.1) is 0 Å². The van der Waals surface area contributed by atoms with Gasteiger partial charge in [-0.2, -0.15) is 13.2 Å². The van der Waals surface area contributed by atoms with Crippen molar-refractivity contribution < 1.29 is 22.7 Å². The Balaban J connectivity index is 2.46. The lowest BCUT2D eigenvalue weighted by Crippen LogP contribution is -2.09. The zero-order chi connectivity index (χ0) is 14.9. The highest BCUT2D eigenvalue weighted by atomic mass is 35.5. The van der Waals surface area contributed by atoms with E-state index in [1.165, 1.54) is 18.2 Å². The van der Waals surface area contributed by atoms with E-state index in [4.69, 9.17) is 11.6 Å². The van der Waals surface area contributed by atoms with Gasteiger partial charge in [-0.05, 0) is 35.9 Å². The van der Waals surface area contributed by atoms with E-state index in [0.29, 0.717) is 23.2 Å². The first kappa shape index (κ1) is 14.8. The number of benzene rings is 2. The molecule has 0 saturated carbocycles. The molecule has 0 aliphatic heterocycles. The minimum absolute atomic E-state index is 0.218. The van der Waals surface area contributed by atoms with Gasteiger partial charge in [-0.1, -0.05) is 23.7 Å². The molecular formula is C14H9ClF4O. The molecule has 0 spiro atoms. The van der Waals surface area contributed by atoms with Crippen LogP contribution in [0, 0.1) is 5.82 Å². The molecule has 1 nitrogen and oxygen atoms in total. The topological polar surface area (TPSA) is 20.2 Å². The summed E-state index contributed by atoms with van der Waals surface area (Å²) in [4.78, 5) is 0. The Morgan fingerprint density at radius 1 is 1.05 bits per heavy atom. The third-order valence-electron chi connectivity index (χ3n) is 2.78. The fourth-order valence-electron chi connectivity index (χ4n) is 1.79. The van der Waals surface area contributed by atoms with Crippen molar-refractivity contribution in [1.82, 2.24) is 0 Å². The molecule has 20 heavy (non-hydrogen) atoms. The molecule has 1 unspecified atom stereocenters. The molecule has 0 fully saturated rings. The Morgan fingerprint density at radius 2 is 1.75 bits per heavy atom. The van der Waals surface area contributed by atoms with Crippen molar-refractivity contribution in [2.24, 2.45) is 0 Å². The Labute approximate surface area is 117 Å². The molecule has 0 aromatic heterocycles. The highest BCUT2D eigenvalue weighted by Gasteiger charge is 2.32. The quantitative estimate of drug-likeness (QED) is 0.805. The van der Waals surface area contributed by atoms with Gasteiger partial charge >= 0.3 is 6.18 Å². The standard InChI is InChI=1S/C14H9ClF4O/c15-10-3-1-2-8(6-10)13(20)11-7-9(14(17,18)19)4-5-12(11)16/h1-7,13,20H. The van der Waals surface area contributed by atoms with E-state index in [1.54, 1.807) is 6.07 Å². The summed E-state index contributed by atoms with van der Waals surface area (Å²) in [6, 6.07) is 7.80. The summed E-state index contributed by atoms with van der Waals surface area (Å²) < 4.78 is 51.4. The molecule has 0 aliphatic rings. The molecule has 0 heterocycles. The molecule has 0 amide bonds. The maximum absolute atomic E-state index is 13.6. The third kappa shape index (κ3) is 3.11.